The molecular weight excluding hydrogens is 476 g/mol. The summed E-state index contributed by atoms with van der Waals surface area (Å²) in [6.45, 7) is 4.47. The summed E-state index contributed by atoms with van der Waals surface area (Å²) in [5.74, 6) is -2.76. The van der Waals surface area contributed by atoms with Crippen LogP contribution in [0.4, 0.5) is 0 Å². The third-order valence-electron chi connectivity index (χ3n) is 5.96. The molecule has 0 atom stereocenters. The number of benzene rings is 3. The van der Waals surface area contributed by atoms with Gasteiger partial charge in [0.05, 0.1) is 32.0 Å². The Labute approximate surface area is 213 Å². The van der Waals surface area contributed by atoms with Crippen molar-refractivity contribution in [1.29, 1.82) is 0 Å². The summed E-state index contributed by atoms with van der Waals surface area (Å²) in [6, 6.07) is 12.2. The summed E-state index contributed by atoms with van der Waals surface area (Å²) >= 11 is 0. The fourth-order valence-corrected chi connectivity index (χ4v) is 4.41. The van der Waals surface area contributed by atoms with Gasteiger partial charge in [-0.15, -0.1) is 0 Å². The Bertz CT molecular complexity index is 1440. The molecule has 4 rings (SSSR count). The van der Waals surface area contributed by atoms with Crippen LogP contribution >= 0.6 is 0 Å². The maximum Gasteiger partial charge on any atom is 0.343 e. The molecule has 8 nitrogen and oxygen atoms in total. The number of ether oxygens (including phenoxy) is 3. The normalized spacial score (nSPS) is 12.5. The van der Waals surface area contributed by atoms with Gasteiger partial charge in [0.2, 0.25) is 0 Å². The standard InChI is InChI=1S/C29H26O8/c1-29(2,3)37-28(34)23-20(36-5)13-18-22(26(32)17-11-7-6-10-16(17)25(18)31)24(23)27(33)21-15(14-30)9-8-12-19(21)35-4/h6-13,30H,14H2,1-5H3. The lowest BCUT2D eigenvalue weighted by Gasteiger charge is -2.26. The van der Waals surface area contributed by atoms with Crippen LogP contribution in [0.15, 0.2) is 48.5 Å². The Morgan fingerprint density at radius 2 is 1.41 bits per heavy atom. The molecule has 3 aromatic carbocycles. The van der Waals surface area contributed by atoms with Crippen LogP contribution < -0.4 is 9.47 Å². The van der Waals surface area contributed by atoms with Crippen molar-refractivity contribution in [2.45, 2.75) is 33.0 Å². The maximum absolute atomic E-state index is 14.3. The lowest BCUT2D eigenvalue weighted by Crippen LogP contribution is -2.30. The second-order valence-corrected chi connectivity index (χ2v) is 9.44. The zero-order valence-electron chi connectivity index (χ0n) is 21.1. The molecule has 1 aliphatic carbocycles. The highest BCUT2D eigenvalue weighted by molar-refractivity contribution is 6.33. The molecule has 0 amide bonds. The lowest BCUT2D eigenvalue weighted by molar-refractivity contribution is 0.00645. The number of hydrogen-bond acceptors (Lipinski definition) is 8. The molecule has 37 heavy (non-hydrogen) atoms. The Hall–Kier alpha value is -4.30. The molecule has 190 valence electrons. The number of carbonyl (C=O) groups is 4. The number of aliphatic hydroxyl groups is 1. The van der Waals surface area contributed by atoms with E-state index in [0.717, 1.165) is 0 Å². The third-order valence-corrected chi connectivity index (χ3v) is 5.96. The van der Waals surface area contributed by atoms with Gasteiger partial charge in [-0.1, -0.05) is 36.4 Å². The lowest BCUT2D eigenvalue weighted by atomic mass is 9.78. The van der Waals surface area contributed by atoms with E-state index in [1.807, 2.05) is 0 Å². The first kappa shape index (κ1) is 25.8. The highest BCUT2D eigenvalue weighted by atomic mass is 16.6. The summed E-state index contributed by atoms with van der Waals surface area (Å²) in [5.41, 5.74) is -1.44. The number of ketones is 3. The van der Waals surface area contributed by atoms with Gasteiger partial charge in [-0.05, 0) is 38.5 Å². The molecular formula is C29H26O8. The fourth-order valence-electron chi connectivity index (χ4n) is 4.41. The number of aliphatic hydroxyl groups excluding tert-OH is 1. The van der Waals surface area contributed by atoms with Crippen molar-refractivity contribution in [1.82, 2.24) is 0 Å². The van der Waals surface area contributed by atoms with Crippen molar-refractivity contribution in [3.8, 4) is 11.5 Å². The Kier molecular flexibility index (Phi) is 6.71. The third kappa shape index (κ3) is 4.40. The van der Waals surface area contributed by atoms with Gasteiger partial charge in [-0.3, -0.25) is 14.4 Å². The minimum Gasteiger partial charge on any atom is -0.496 e. The molecule has 0 aliphatic heterocycles. The average molecular weight is 503 g/mol. The fraction of sp³-hybridized carbons (Fsp3) is 0.241. The minimum atomic E-state index is -0.939. The molecule has 0 bridgehead atoms. The van der Waals surface area contributed by atoms with Crippen molar-refractivity contribution in [2.75, 3.05) is 14.2 Å². The molecule has 1 N–H and O–H groups in total. The van der Waals surface area contributed by atoms with E-state index < -0.39 is 35.5 Å². The monoisotopic (exact) mass is 502 g/mol. The zero-order chi connectivity index (χ0) is 27.1. The number of fused-ring (bicyclic) bond motifs is 2. The van der Waals surface area contributed by atoms with Crippen LogP contribution in [0, 0.1) is 0 Å². The zero-order valence-corrected chi connectivity index (χ0v) is 21.1. The molecule has 8 heteroatoms. The molecule has 0 unspecified atom stereocenters. The van der Waals surface area contributed by atoms with Gasteiger partial charge in [0, 0.05) is 22.3 Å². The summed E-state index contributed by atoms with van der Waals surface area (Å²) in [4.78, 5) is 55.1. The van der Waals surface area contributed by atoms with Crippen molar-refractivity contribution in [3.05, 3.63) is 93.0 Å². The molecule has 0 spiro atoms. The topological polar surface area (TPSA) is 116 Å². The second kappa shape index (κ2) is 9.63. The van der Waals surface area contributed by atoms with Gasteiger partial charge < -0.3 is 19.3 Å². The molecule has 0 aromatic heterocycles. The van der Waals surface area contributed by atoms with Crippen LogP contribution in [-0.2, 0) is 11.3 Å². The molecule has 0 saturated carbocycles. The van der Waals surface area contributed by atoms with Crippen molar-refractivity contribution < 1.29 is 38.5 Å². The average Bonchev–Trinajstić information content (AvgIpc) is 2.88. The van der Waals surface area contributed by atoms with Crippen molar-refractivity contribution in [2.24, 2.45) is 0 Å². The summed E-state index contributed by atoms with van der Waals surface area (Å²) in [6.07, 6.45) is 0. The highest BCUT2D eigenvalue weighted by Crippen LogP contribution is 2.39. The molecule has 0 saturated heterocycles. The minimum absolute atomic E-state index is 0.0492. The first-order chi connectivity index (χ1) is 17.5. The summed E-state index contributed by atoms with van der Waals surface area (Å²) < 4.78 is 16.4. The van der Waals surface area contributed by atoms with Gasteiger partial charge in [-0.2, -0.15) is 0 Å². The predicted molar refractivity (Wildman–Crippen MR) is 134 cm³/mol. The highest BCUT2D eigenvalue weighted by Gasteiger charge is 2.40. The smallest absolute Gasteiger partial charge is 0.343 e. The van der Waals surface area contributed by atoms with E-state index in [0.29, 0.717) is 0 Å². The van der Waals surface area contributed by atoms with E-state index in [1.54, 1.807) is 39.0 Å². The maximum atomic E-state index is 14.3. The Morgan fingerprint density at radius 1 is 0.784 bits per heavy atom. The number of methoxy groups -OCH3 is 2. The van der Waals surface area contributed by atoms with Gasteiger partial charge >= 0.3 is 5.97 Å². The Balaban J connectivity index is 2.14. The van der Waals surface area contributed by atoms with Crippen LogP contribution in [0.5, 0.6) is 11.5 Å². The quantitative estimate of drug-likeness (QED) is 0.309. The van der Waals surface area contributed by atoms with Crippen LogP contribution in [0.25, 0.3) is 0 Å². The SMILES string of the molecule is COc1cccc(CO)c1C(=O)c1c(C(=O)OC(C)(C)C)c(OC)cc2c1C(=O)c1ccccc1C2=O. The molecule has 0 heterocycles. The number of esters is 1. The van der Waals surface area contributed by atoms with Gasteiger partial charge in [0.15, 0.2) is 17.3 Å². The van der Waals surface area contributed by atoms with Crippen LogP contribution in [0.2, 0.25) is 0 Å². The van der Waals surface area contributed by atoms with E-state index >= 15 is 0 Å². The number of rotatable bonds is 6. The van der Waals surface area contributed by atoms with Crippen molar-refractivity contribution >= 4 is 23.3 Å². The number of hydrogen-bond donors (Lipinski definition) is 1. The summed E-state index contributed by atoms with van der Waals surface area (Å²) in [5, 5.41) is 9.98. The van der Waals surface area contributed by atoms with Gasteiger partial charge in [0.1, 0.15) is 22.7 Å². The van der Waals surface area contributed by atoms with Crippen LogP contribution in [0.1, 0.15) is 84.5 Å². The molecule has 0 fully saturated rings. The largest absolute Gasteiger partial charge is 0.496 e. The van der Waals surface area contributed by atoms with Crippen LogP contribution in [-0.4, -0.2) is 48.2 Å². The molecule has 3 aromatic rings. The van der Waals surface area contributed by atoms with E-state index in [1.165, 1.54) is 44.6 Å². The number of carbonyl (C=O) groups excluding carboxylic acids is 4. The van der Waals surface area contributed by atoms with Gasteiger partial charge in [-0.25, -0.2) is 4.79 Å². The predicted octanol–water partition coefficient (Wildman–Crippen LogP) is 4.16. The van der Waals surface area contributed by atoms with E-state index in [4.69, 9.17) is 14.2 Å². The first-order valence-electron chi connectivity index (χ1n) is 11.5. The van der Waals surface area contributed by atoms with Gasteiger partial charge in [0.25, 0.3) is 0 Å². The van der Waals surface area contributed by atoms with E-state index in [2.05, 4.69) is 0 Å². The van der Waals surface area contributed by atoms with E-state index in [9.17, 15) is 24.3 Å². The first-order valence-corrected chi connectivity index (χ1v) is 11.5. The van der Waals surface area contributed by atoms with Crippen LogP contribution in [0.3, 0.4) is 0 Å². The molecule has 0 radical (unpaired) electrons. The summed E-state index contributed by atoms with van der Waals surface area (Å²) in [7, 11) is 2.64. The molecule has 1 aliphatic rings. The second-order valence-electron chi connectivity index (χ2n) is 9.44. The van der Waals surface area contributed by atoms with E-state index in [-0.39, 0.29) is 56.0 Å². The van der Waals surface area contributed by atoms with Crippen molar-refractivity contribution in [3.63, 3.8) is 0 Å². The Morgan fingerprint density at radius 3 is 1.97 bits per heavy atom.